The normalized spacial score (nSPS) is 20.6. The van der Waals surface area contributed by atoms with Crippen LogP contribution in [0.2, 0.25) is 0 Å². The molecule has 0 aliphatic heterocycles. The highest BCUT2D eigenvalue weighted by Gasteiger charge is 2.38. The molecule has 0 radical (unpaired) electrons. The number of hydrogen-bond acceptors (Lipinski definition) is 2. The smallest absolute Gasteiger partial charge is 0.310 e. The van der Waals surface area contributed by atoms with Gasteiger partial charge >= 0.3 is 11.9 Å². The maximum absolute atomic E-state index is 12.7. The van der Waals surface area contributed by atoms with Crippen molar-refractivity contribution in [3.63, 3.8) is 0 Å². The molecule has 1 aliphatic rings. The Morgan fingerprint density at radius 3 is 2.75 bits per heavy atom. The zero-order chi connectivity index (χ0) is 11.9. The Hall–Kier alpha value is -1.33. The molecule has 0 aromatic carbocycles. The average Bonchev–Trinajstić information content (AvgIpc) is 2.16. The Morgan fingerprint density at radius 2 is 2.12 bits per heavy atom. The van der Waals surface area contributed by atoms with E-state index in [1.54, 1.807) is 0 Å². The molecule has 0 saturated carbocycles. The summed E-state index contributed by atoms with van der Waals surface area (Å²) in [6, 6.07) is 0. The fourth-order valence-corrected chi connectivity index (χ4v) is 2.05. The Bertz CT molecular complexity index is 464. The third-order valence-electron chi connectivity index (χ3n) is 2.83. The van der Waals surface area contributed by atoms with Crippen LogP contribution in [0.15, 0.2) is 4.79 Å². The van der Waals surface area contributed by atoms with E-state index in [1.807, 2.05) is 6.92 Å². The van der Waals surface area contributed by atoms with Gasteiger partial charge < -0.3 is 4.98 Å². The fraction of sp³-hybridized carbons (Fsp3) is 0.600. The van der Waals surface area contributed by atoms with Crippen molar-refractivity contribution in [3.05, 3.63) is 27.4 Å². The van der Waals surface area contributed by atoms with Gasteiger partial charge in [0.2, 0.25) is 0 Å². The van der Waals surface area contributed by atoms with Gasteiger partial charge in [-0.2, -0.15) is 18.2 Å². The summed E-state index contributed by atoms with van der Waals surface area (Å²) in [6.07, 6.45) is -2.94. The van der Waals surface area contributed by atoms with E-state index in [0.717, 1.165) is 6.42 Å². The predicted octanol–water partition coefficient (Wildman–Crippen LogP) is 1.91. The molecular weight excluding hydrogens is 221 g/mol. The first kappa shape index (κ1) is 11.2. The van der Waals surface area contributed by atoms with Crippen LogP contribution < -0.4 is 5.69 Å². The maximum atomic E-state index is 12.7. The van der Waals surface area contributed by atoms with E-state index in [4.69, 9.17) is 0 Å². The lowest BCUT2D eigenvalue weighted by Gasteiger charge is -2.23. The van der Waals surface area contributed by atoms with Crippen molar-refractivity contribution >= 4 is 0 Å². The van der Waals surface area contributed by atoms with Crippen LogP contribution in [0.3, 0.4) is 0 Å². The largest absolute Gasteiger partial charge is 0.433 e. The summed E-state index contributed by atoms with van der Waals surface area (Å²) in [4.78, 5) is 16.5. The number of aromatic nitrogens is 2. The molecule has 16 heavy (non-hydrogen) atoms. The summed E-state index contributed by atoms with van der Waals surface area (Å²) in [7, 11) is 0. The van der Waals surface area contributed by atoms with Gasteiger partial charge in [-0.25, -0.2) is 4.79 Å². The van der Waals surface area contributed by atoms with Gasteiger partial charge in [0.15, 0.2) is 5.69 Å². The van der Waals surface area contributed by atoms with Gasteiger partial charge in [0, 0.05) is 11.3 Å². The summed E-state index contributed by atoms with van der Waals surface area (Å²) in [5, 5.41) is 0. The van der Waals surface area contributed by atoms with Crippen molar-refractivity contribution in [1.82, 2.24) is 9.97 Å². The highest BCUT2D eigenvalue weighted by molar-refractivity contribution is 5.29. The molecule has 1 aromatic rings. The van der Waals surface area contributed by atoms with Crippen LogP contribution in [-0.4, -0.2) is 9.97 Å². The SMILES string of the molecule is CC1CCc2[nH]c(=O)nc(C(F)(F)F)c2C1. The van der Waals surface area contributed by atoms with Gasteiger partial charge in [0.05, 0.1) is 0 Å². The van der Waals surface area contributed by atoms with Crippen LogP contribution in [-0.2, 0) is 19.0 Å². The molecule has 1 aliphatic carbocycles. The second-order valence-corrected chi connectivity index (χ2v) is 4.19. The molecule has 0 spiro atoms. The molecule has 0 bridgehead atoms. The highest BCUT2D eigenvalue weighted by Crippen LogP contribution is 2.34. The lowest BCUT2D eigenvalue weighted by atomic mass is 9.87. The van der Waals surface area contributed by atoms with E-state index < -0.39 is 17.6 Å². The van der Waals surface area contributed by atoms with Crippen LogP contribution in [0, 0.1) is 5.92 Å². The molecular formula is C10H11F3N2O. The molecule has 3 nitrogen and oxygen atoms in total. The van der Waals surface area contributed by atoms with Crippen molar-refractivity contribution in [3.8, 4) is 0 Å². The van der Waals surface area contributed by atoms with E-state index in [0.29, 0.717) is 18.5 Å². The molecule has 1 unspecified atom stereocenters. The quantitative estimate of drug-likeness (QED) is 0.742. The Kier molecular flexibility index (Phi) is 2.52. The number of alkyl halides is 3. The van der Waals surface area contributed by atoms with E-state index in [1.165, 1.54) is 0 Å². The summed E-state index contributed by atoms with van der Waals surface area (Å²) in [5.41, 5.74) is -1.38. The molecule has 0 amide bonds. The van der Waals surface area contributed by atoms with Crippen molar-refractivity contribution < 1.29 is 13.2 Å². The molecule has 1 heterocycles. The van der Waals surface area contributed by atoms with E-state index in [-0.39, 0.29) is 11.5 Å². The summed E-state index contributed by atoms with van der Waals surface area (Å²) in [5.74, 6) is 0.196. The zero-order valence-corrected chi connectivity index (χ0v) is 8.69. The molecule has 2 rings (SSSR count). The van der Waals surface area contributed by atoms with Gasteiger partial charge in [-0.05, 0) is 25.2 Å². The fourth-order valence-electron chi connectivity index (χ4n) is 2.05. The molecule has 1 atom stereocenters. The standard InChI is InChI=1S/C10H11F3N2O/c1-5-2-3-7-6(4-5)8(10(11,12)13)15-9(16)14-7/h5H,2-4H2,1H3,(H,14,15,16). The third kappa shape index (κ3) is 1.96. The minimum absolute atomic E-state index is 0.158. The lowest BCUT2D eigenvalue weighted by molar-refractivity contribution is -0.142. The third-order valence-corrected chi connectivity index (χ3v) is 2.83. The van der Waals surface area contributed by atoms with E-state index >= 15 is 0 Å². The second kappa shape index (κ2) is 3.61. The maximum Gasteiger partial charge on any atom is 0.433 e. The van der Waals surface area contributed by atoms with Crippen LogP contribution in [0.25, 0.3) is 0 Å². The molecule has 0 fully saturated rings. The number of halogens is 3. The number of nitrogens with one attached hydrogen (secondary N) is 1. The molecule has 1 aromatic heterocycles. The first-order valence-corrected chi connectivity index (χ1v) is 5.07. The zero-order valence-electron chi connectivity index (χ0n) is 8.69. The minimum atomic E-state index is -4.55. The van der Waals surface area contributed by atoms with Gasteiger partial charge in [0.25, 0.3) is 0 Å². The van der Waals surface area contributed by atoms with Crippen molar-refractivity contribution in [1.29, 1.82) is 0 Å². The number of aryl methyl sites for hydroxylation is 1. The van der Waals surface area contributed by atoms with E-state index in [9.17, 15) is 18.0 Å². The number of aromatic amines is 1. The molecule has 88 valence electrons. The van der Waals surface area contributed by atoms with E-state index in [2.05, 4.69) is 9.97 Å². The van der Waals surface area contributed by atoms with Crippen molar-refractivity contribution in [2.75, 3.05) is 0 Å². The number of fused-ring (bicyclic) bond motifs is 1. The second-order valence-electron chi connectivity index (χ2n) is 4.19. The van der Waals surface area contributed by atoms with Gasteiger partial charge in [-0.3, -0.25) is 0 Å². The Labute approximate surface area is 89.7 Å². The Balaban J connectivity index is 2.60. The predicted molar refractivity (Wildman–Crippen MR) is 51.0 cm³/mol. The Morgan fingerprint density at radius 1 is 1.44 bits per heavy atom. The number of hydrogen-bond donors (Lipinski definition) is 1. The topological polar surface area (TPSA) is 45.8 Å². The molecule has 1 N–H and O–H groups in total. The number of nitrogens with zero attached hydrogens (tertiary/aromatic N) is 1. The summed E-state index contributed by atoms with van der Waals surface area (Å²) in [6.45, 7) is 1.90. The van der Waals surface area contributed by atoms with Gasteiger partial charge in [-0.15, -0.1) is 0 Å². The summed E-state index contributed by atoms with van der Waals surface area (Å²) >= 11 is 0. The average molecular weight is 232 g/mol. The first-order chi connectivity index (χ1) is 7.38. The first-order valence-electron chi connectivity index (χ1n) is 5.07. The monoisotopic (exact) mass is 232 g/mol. The van der Waals surface area contributed by atoms with Crippen molar-refractivity contribution in [2.24, 2.45) is 5.92 Å². The highest BCUT2D eigenvalue weighted by atomic mass is 19.4. The lowest BCUT2D eigenvalue weighted by Crippen LogP contribution is -2.27. The molecule has 6 heteroatoms. The number of rotatable bonds is 0. The minimum Gasteiger partial charge on any atom is -0.310 e. The molecule has 0 saturated heterocycles. The van der Waals surface area contributed by atoms with Crippen LogP contribution in [0.4, 0.5) is 13.2 Å². The van der Waals surface area contributed by atoms with Crippen LogP contribution in [0.1, 0.15) is 30.3 Å². The van der Waals surface area contributed by atoms with Gasteiger partial charge in [-0.1, -0.05) is 6.92 Å². The van der Waals surface area contributed by atoms with Crippen LogP contribution >= 0.6 is 0 Å². The van der Waals surface area contributed by atoms with Crippen molar-refractivity contribution in [2.45, 2.75) is 32.4 Å². The van der Waals surface area contributed by atoms with Crippen LogP contribution in [0.5, 0.6) is 0 Å². The summed E-state index contributed by atoms with van der Waals surface area (Å²) < 4.78 is 38.0. The van der Waals surface area contributed by atoms with Gasteiger partial charge in [0.1, 0.15) is 0 Å². The number of H-pyrrole nitrogens is 1.